The number of fused-ring (bicyclic) bond motifs is 1. The van der Waals surface area contributed by atoms with Gasteiger partial charge in [-0.3, -0.25) is 4.98 Å². The third kappa shape index (κ3) is 1.60. The summed E-state index contributed by atoms with van der Waals surface area (Å²) in [5.74, 6) is 1.14. The Kier molecular flexibility index (Phi) is 2.35. The molecule has 3 rings (SSSR count). The van der Waals surface area contributed by atoms with Crippen LogP contribution in [0.25, 0.3) is 0 Å². The summed E-state index contributed by atoms with van der Waals surface area (Å²) in [7, 11) is 0. The second kappa shape index (κ2) is 3.87. The Balaban J connectivity index is 2.09. The monoisotopic (exact) mass is 228 g/mol. The molecule has 0 fully saturated rings. The number of rotatable bonds is 1. The van der Waals surface area contributed by atoms with E-state index in [4.69, 9.17) is 0 Å². The molecule has 1 N–H and O–H groups in total. The summed E-state index contributed by atoms with van der Waals surface area (Å²) in [6, 6.07) is 6.32. The molecule has 17 heavy (non-hydrogen) atoms. The summed E-state index contributed by atoms with van der Waals surface area (Å²) in [5, 5.41) is 8.05. The zero-order valence-electron chi connectivity index (χ0n) is 10.1. The predicted octanol–water partition coefficient (Wildman–Crippen LogP) is 2.30. The molecule has 0 bridgehead atoms. The summed E-state index contributed by atoms with van der Waals surface area (Å²) >= 11 is 0. The Labute approximate surface area is 101 Å². The molecule has 88 valence electrons. The highest BCUT2D eigenvalue weighted by molar-refractivity contribution is 5.48. The lowest BCUT2D eigenvalue weighted by Gasteiger charge is -2.25. The third-order valence-electron chi connectivity index (χ3n) is 3.42. The van der Waals surface area contributed by atoms with Gasteiger partial charge in [0.05, 0.1) is 17.4 Å². The van der Waals surface area contributed by atoms with Gasteiger partial charge in [-0.05, 0) is 32.4 Å². The van der Waals surface area contributed by atoms with Gasteiger partial charge < -0.3 is 5.32 Å². The van der Waals surface area contributed by atoms with E-state index in [9.17, 15) is 0 Å². The van der Waals surface area contributed by atoms with Crippen LogP contribution in [0, 0.1) is 13.8 Å². The topological polar surface area (TPSA) is 42.7 Å². The highest BCUT2D eigenvalue weighted by atomic mass is 15.4. The first-order valence-corrected chi connectivity index (χ1v) is 5.98. The van der Waals surface area contributed by atoms with Crippen molar-refractivity contribution in [3.8, 4) is 0 Å². The summed E-state index contributed by atoms with van der Waals surface area (Å²) in [4.78, 5) is 4.45. The van der Waals surface area contributed by atoms with E-state index in [2.05, 4.69) is 40.0 Å². The van der Waals surface area contributed by atoms with Crippen molar-refractivity contribution in [3.63, 3.8) is 0 Å². The molecule has 0 amide bonds. The van der Waals surface area contributed by atoms with E-state index >= 15 is 0 Å². The molecule has 0 aliphatic carbocycles. The van der Waals surface area contributed by atoms with Crippen LogP contribution in [0.5, 0.6) is 0 Å². The number of nitrogens with one attached hydrogen (secondary N) is 1. The SMILES string of the molecule is Cc1nn2c(c1C)NCCC2c1ccccn1. The molecule has 3 heterocycles. The van der Waals surface area contributed by atoms with Crippen molar-refractivity contribution < 1.29 is 0 Å². The van der Waals surface area contributed by atoms with E-state index < -0.39 is 0 Å². The van der Waals surface area contributed by atoms with Crippen molar-refractivity contribution in [2.75, 3.05) is 11.9 Å². The molecule has 0 saturated heterocycles. The van der Waals surface area contributed by atoms with Crippen LogP contribution >= 0.6 is 0 Å². The number of nitrogens with zero attached hydrogens (tertiary/aromatic N) is 3. The van der Waals surface area contributed by atoms with Crippen molar-refractivity contribution in [1.29, 1.82) is 0 Å². The van der Waals surface area contributed by atoms with Gasteiger partial charge in [-0.15, -0.1) is 0 Å². The lowest BCUT2D eigenvalue weighted by Crippen LogP contribution is -2.25. The van der Waals surface area contributed by atoms with Gasteiger partial charge in [-0.2, -0.15) is 5.10 Å². The maximum Gasteiger partial charge on any atom is 0.128 e. The Hall–Kier alpha value is -1.84. The highest BCUT2D eigenvalue weighted by Gasteiger charge is 2.25. The van der Waals surface area contributed by atoms with E-state index in [0.29, 0.717) is 0 Å². The fraction of sp³-hybridized carbons (Fsp3) is 0.385. The normalized spacial score (nSPS) is 18.6. The molecule has 0 saturated carbocycles. The van der Waals surface area contributed by atoms with E-state index in [-0.39, 0.29) is 6.04 Å². The van der Waals surface area contributed by atoms with Gasteiger partial charge in [0.2, 0.25) is 0 Å². The summed E-state index contributed by atoms with van der Waals surface area (Å²) < 4.78 is 2.08. The average Bonchev–Trinajstić information content (AvgIpc) is 2.67. The Morgan fingerprint density at radius 2 is 2.24 bits per heavy atom. The summed E-state index contributed by atoms with van der Waals surface area (Å²) in [6.45, 7) is 5.15. The molecule has 2 aromatic heterocycles. The molecule has 2 aromatic rings. The molecule has 0 radical (unpaired) electrons. The lowest BCUT2D eigenvalue weighted by atomic mass is 10.1. The first-order chi connectivity index (χ1) is 8.27. The summed E-state index contributed by atoms with van der Waals surface area (Å²) in [6.07, 6.45) is 2.88. The van der Waals surface area contributed by atoms with E-state index in [1.807, 2.05) is 18.3 Å². The lowest BCUT2D eigenvalue weighted by molar-refractivity contribution is 0.469. The number of hydrogen-bond acceptors (Lipinski definition) is 3. The second-order valence-corrected chi connectivity index (χ2v) is 4.49. The minimum atomic E-state index is 0.264. The van der Waals surface area contributed by atoms with Crippen molar-refractivity contribution in [2.24, 2.45) is 0 Å². The zero-order chi connectivity index (χ0) is 11.8. The Morgan fingerprint density at radius 1 is 1.35 bits per heavy atom. The minimum Gasteiger partial charge on any atom is -0.370 e. The molecule has 0 aromatic carbocycles. The smallest absolute Gasteiger partial charge is 0.128 e. The number of pyridine rings is 1. The fourth-order valence-corrected chi connectivity index (χ4v) is 2.36. The maximum absolute atomic E-state index is 4.62. The van der Waals surface area contributed by atoms with Crippen molar-refractivity contribution in [1.82, 2.24) is 14.8 Å². The third-order valence-corrected chi connectivity index (χ3v) is 3.42. The van der Waals surface area contributed by atoms with Gasteiger partial charge in [0.25, 0.3) is 0 Å². The first kappa shape index (κ1) is 10.3. The number of aryl methyl sites for hydroxylation is 1. The molecular weight excluding hydrogens is 212 g/mol. The van der Waals surface area contributed by atoms with Crippen LogP contribution in [0.15, 0.2) is 24.4 Å². The minimum absolute atomic E-state index is 0.264. The van der Waals surface area contributed by atoms with Gasteiger partial charge in [0, 0.05) is 18.3 Å². The Morgan fingerprint density at radius 3 is 3.00 bits per heavy atom. The highest BCUT2D eigenvalue weighted by Crippen LogP contribution is 2.31. The molecular formula is C13H16N4. The van der Waals surface area contributed by atoms with Crippen LogP contribution in [0.2, 0.25) is 0 Å². The second-order valence-electron chi connectivity index (χ2n) is 4.49. The quantitative estimate of drug-likeness (QED) is 0.814. The van der Waals surface area contributed by atoms with Crippen LogP contribution in [0.3, 0.4) is 0 Å². The van der Waals surface area contributed by atoms with Crippen LogP contribution in [-0.4, -0.2) is 21.3 Å². The molecule has 1 aliphatic rings. The first-order valence-electron chi connectivity index (χ1n) is 5.98. The molecule has 1 unspecified atom stereocenters. The number of aromatic nitrogens is 3. The molecule has 4 heteroatoms. The molecule has 1 atom stereocenters. The Bertz CT molecular complexity index is 530. The fourth-order valence-electron chi connectivity index (χ4n) is 2.36. The van der Waals surface area contributed by atoms with Gasteiger partial charge in [0.1, 0.15) is 5.82 Å². The van der Waals surface area contributed by atoms with E-state index in [1.165, 1.54) is 5.56 Å². The standard InChI is InChI=1S/C13H16N4/c1-9-10(2)16-17-12(6-8-15-13(9)17)11-5-3-4-7-14-11/h3-5,7,12,15H,6,8H2,1-2H3. The maximum atomic E-state index is 4.62. The average molecular weight is 228 g/mol. The van der Waals surface area contributed by atoms with Crippen molar-refractivity contribution >= 4 is 5.82 Å². The number of anilines is 1. The largest absolute Gasteiger partial charge is 0.370 e. The van der Waals surface area contributed by atoms with Crippen molar-refractivity contribution in [3.05, 3.63) is 41.3 Å². The van der Waals surface area contributed by atoms with Crippen LogP contribution in [-0.2, 0) is 0 Å². The molecule has 0 spiro atoms. The predicted molar refractivity (Wildman–Crippen MR) is 67.2 cm³/mol. The van der Waals surface area contributed by atoms with Crippen molar-refractivity contribution in [2.45, 2.75) is 26.3 Å². The van der Waals surface area contributed by atoms with Gasteiger partial charge in [0.15, 0.2) is 0 Å². The molecule has 4 nitrogen and oxygen atoms in total. The van der Waals surface area contributed by atoms with Crippen LogP contribution in [0.1, 0.15) is 29.4 Å². The van der Waals surface area contributed by atoms with Gasteiger partial charge >= 0.3 is 0 Å². The van der Waals surface area contributed by atoms with Gasteiger partial charge in [-0.25, -0.2) is 4.68 Å². The van der Waals surface area contributed by atoms with Crippen LogP contribution in [0.4, 0.5) is 5.82 Å². The summed E-state index contributed by atoms with van der Waals surface area (Å²) in [5.41, 5.74) is 3.43. The van der Waals surface area contributed by atoms with E-state index in [1.54, 1.807) is 0 Å². The molecule has 1 aliphatic heterocycles. The van der Waals surface area contributed by atoms with E-state index in [0.717, 1.165) is 30.2 Å². The van der Waals surface area contributed by atoms with Crippen LogP contribution < -0.4 is 5.32 Å². The zero-order valence-corrected chi connectivity index (χ0v) is 10.1. The van der Waals surface area contributed by atoms with Gasteiger partial charge in [-0.1, -0.05) is 6.07 Å². The number of hydrogen-bond donors (Lipinski definition) is 1.